The lowest BCUT2D eigenvalue weighted by molar-refractivity contribution is -0.139. The second-order valence-corrected chi connectivity index (χ2v) is 5.55. The third kappa shape index (κ3) is 7.76. The van der Waals surface area contributed by atoms with Crippen molar-refractivity contribution >= 4 is 23.5 Å². The number of esters is 1. The first-order chi connectivity index (χ1) is 11.6. The maximum atomic E-state index is 11.9. The van der Waals surface area contributed by atoms with E-state index in [1.807, 2.05) is 0 Å². The molecule has 0 spiro atoms. The highest BCUT2D eigenvalue weighted by Gasteiger charge is 2.09. The Hall–Kier alpha value is -2.37. The molecule has 0 heterocycles. The number of unbranched alkanes of at least 4 members (excludes halogenated alkanes) is 4. The Labute approximate surface area is 143 Å². The number of ether oxygens (including phenoxy) is 1. The predicted molar refractivity (Wildman–Crippen MR) is 92.8 cm³/mol. The third-order valence-electron chi connectivity index (χ3n) is 3.54. The van der Waals surface area contributed by atoms with E-state index >= 15 is 0 Å². The summed E-state index contributed by atoms with van der Waals surface area (Å²) >= 11 is 0. The zero-order valence-corrected chi connectivity index (χ0v) is 14.4. The van der Waals surface area contributed by atoms with Gasteiger partial charge in [-0.25, -0.2) is 0 Å². The van der Waals surface area contributed by atoms with E-state index in [0.717, 1.165) is 19.3 Å². The molecule has 24 heavy (non-hydrogen) atoms. The highest BCUT2D eigenvalue weighted by atomic mass is 16.5. The number of rotatable bonds is 10. The lowest BCUT2D eigenvalue weighted by Gasteiger charge is -2.08. The van der Waals surface area contributed by atoms with Gasteiger partial charge in [-0.3, -0.25) is 14.4 Å². The molecule has 0 aromatic heterocycles. The van der Waals surface area contributed by atoms with Gasteiger partial charge in [0.2, 0.25) is 5.91 Å². The molecule has 0 aliphatic heterocycles. The number of carbonyl (C=O) groups excluding carboxylic acids is 3. The van der Waals surface area contributed by atoms with Crippen LogP contribution >= 0.6 is 0 Å². The molecule has 1 rings (SSSR count). The Morgan fingerprint density at radius 2 is 1.83 bits per heavy atom. The number of amides is 2. The number of methoxy groups -OCH3 is 1. The van der Waals surface area contributed by atoms with Gasteiger partial charge >= 0.3 is 5.97 Å². The van der Waals surface area contributed by atoms with E-state index in [2.05, 4.69) is 22.3 Å². The Bertz CT molecular complexity index is 558. The fourth-order valence-corrected chi connectivity index (χ4v) is 2.18. The topological polar surface area (TPSA) is 84.5 Å². The van der Waals surface area contributed by atoms with E-state index in [1.165, 1.54) is 20.0 Å². The van der Waals surface area contributed by atoms with Crippen molar-refractivity contribution in [2.75, 3.05) is 19.0 Å². The SMILES string of the molecule is CCCCCCCC(=O)Nc1cccc(C(=O)NCC(=O)OC)c1. The number of benzene rings is 1. The van der Waals surface area contributed by atoms with E-state index in [1.54, 1.807) is 24.3 Å². The number of carbonyl (C=O) groups is 3. The zero-order chi connectivity index (χ0) is 17.8. The van der Waals surface area contributed by atoms with Crippen LogP contribution in [0.1, 0.15) is 55.8 Å². The normalized spacial score (nSPS) is 10.1. The molecule has 0 atom stereocenters. The number of nitrogens with one attached hydrogen (secondary N) is 2. The van der Waals surface area contributed by atoms with E-state index in [-0.39, 0.29) is 12.5 Å². The van der Waals surface area contributed by atoms with E-state index in [9.17, 15) is 14.4 Å². The van der Waals surface area contributed by atoms with Gasteiger partial charge in [-0.2, -0.15) is 0 Å². The molecule has 0 unspecified atom stereocenters. The van der Waals surface area contributed by atoms with Crippen LogP contribution in [0.3, 0.4) is 0 Å². The van der Waals surface area contributed by atoms with Crippen molar-refractivity contribution in [2.24, 2.45) is 0 Å². The third-order valence-corrected chi connectivity index (χ3v) is 3.54. The summed E-state index contributed by atoms with van der Waals surface area (Å²) in [6.45, 7) is 1.96. The first-order valence-electron chi connectivity index (χ1n) is 8.31. The van der Waals surface area contributed by atoms with Gasteiger partial charge in [-0.15, -0.1) is 0 Å². The van der Waals surface area contributed by atoms with Gasteiger partial charge in [0, 0.05) is 17.7 Å². The van der Waals surface area contributed by atoms with Crippen molar-refractivity contribution in [3.8, 4) is 0 Å². The van der Waals surface area contributed by atoms with Gasteiger partial charge in [-0.05, 0) is 24.6 Å². The van der Waals surface area contributed by atoms with Crippen molar-refractivity contribution in [1.82, 2.24) is 5.32 Å². The van der Waals surface area contributed by atoms with E-state index in [0.29, 0.717) is 17.7 Å². The average molecular weight is 334 g/mol. The average Bonchev–Trinajstić information content (AvgIpc) is 2.59. The van der Waals surface area contributed by atoms with Crippen LogP contribution in [-0.4, -0.2) is 31.4 Å². The van der Waals surface area contributed by atoms with Gasteiger partial charge < -0.3 is 15.4 Å². The summed E-state index contributed by atoms with van der Waals surface area (Å²) in [6.07, 6.45) is 5.92. The molecule has 2 amide bonds. The van der Waals surface area contributed by atoms with Crippen LogP contribution < -0.4 is 10.6 Å². The van der Waals surface area contributed by atoms with Gasteiger partial charge in [0.05, 0.1) is 7.11 Å². The summed E-state index contributed by atoms with van der Waals surface area (Å²) in [4.78, 5) is 34.9. The summed E-state index contributed by atoms with van der Waals surface area (Å²) in [5.74, 6) is -0.967. The number of hydrogen-bond donors (Lipinski definition) is 2. The molecular weight excluding hydrogens is 308 g/mol. The van der Waals surface area contributed by atoms with Crippen molar-refractivity contribution in [3.05, 3.63) is 29.8 Å². The molecular formula is C18H26N2O4. The summed E-state index contributed by atoms with van der Waals surface area (Å²) < 4.78 is 4.46. The van der Waals surface area contributed by atoms with Gasteiger partial charge in [0.15, 0.2) is 0 Å². The molecule has 1 aromatic carbocycles. The van der Waals surface area contributed by atoms with Crippen LogP contribution in [0.25, 0.3) is 0 Å². The van der Waals surface area contributed by atoms with E-state index in [4.69, 9.17) is 0 Å². The molecule has 0 bridgehead atoms. The summed E-state index contributed by atoms with van der Waals surface area (Å²) in [5, 5.41) is 5.25. The monoisotopic (exact) mass is 334 g/mol. The highest BCUT2D eigenvalue weighted by molar-refractivity contribution is 5.98. The second kappa shape index (κ2) is 11.2. The molecule has 2 N–H and O–H groups in total. The fourth-order valence-electron chi connectivity index (χ4n) is 2.18. The summed E-state index contributed by atoms with van der Waals surface area (Å²) in [7, 11) is 1.26. The van der Waals surface area contributed by atoms with Crippen LogP contribution in [0.5, 0.6) is 0 Å². The van der Waals surface area contributed by atoms with Crippen molar-refractivity contribution < 1.29 is 19.1 Å². The molecule has 132 valence electrons. The lowest BCUT2D eigenvalue weighted by Crippen LogP contribution is -2.30. The predicted octanol–water partition coefficient (Wildman–Crippen LogP) is 2.89. The van der Waals surface area contributed by atoms with E-state index < -0.39 is 11.9 Å². The van der Waals surface area contributed by atoms with Crippen molar-refractivity contribution in [2.45, 2.75) is 45.4 Å². The molecule has 0 aliphatic carbocycles. The van der Waals surface area contributed by atoms with Crippen molar-refractivity contribution in [1.29, 1.82) is 0 Å². The number of hydrogen-bond acceptors (Lipinski definition) is 4. The molecule has 1 aromatic rings. The maximum Gasteiger partial charge on any atom is 0.325 e. The fraction of sp³-hybridized carbons (Fsp3) is 0.500. The molecule has 6 heteroatoms. The Morgan fingerprint density at radius 1 is 1.08 bits per heavy atom. The quantitative estimate of drug-likeness (QED) is 0.509. The van der Waals surface area contributed by atoms with Crippen molar-refractivity contribution in [3.63, 3.8) is 0 Å². The standard InChI is InChI=1S/C18H26N2O4/c1-3-4-5-6-7-11-16(21)20-15-10-8-9-14(12-15)18(23)19-13-17(22)24-2/h8-10,12H,3-7,11,13H2,1-2H3,(H,19,23)(H,20,21). The Kier molecular flexibility index (Phi) is 9.19. The van der Waals surface area contributed by atoms with Crippen LogP contribution in [-0.2, 0) is 14.3 Å². The summed E-state index contributed by atoms with van der Waals surface area (Å²) in [6, 6.07) is 6.62. The lowest BCUT2D eigenvalue weighted by atomic mass is 10.1. The second-order valence-electron chi connectivity index (χ2n) is 5.55. The van der Waals surface area contributed by atoms with Gasteiger partial charge in [0.25, 0.3) is 5.91 Å². The smallest absolute Gasteiger partial charge is 0.325 e. The number of anilines is 1. The molecule has 0 radical (unpaired) electrons. The van der Waals surface area contributed by atoms with Gasteiger partial charge in [-0.1, -0.05) is 38.7 Å². The van der Waals surface area contributed by atoms with Crippen LogP contribution in [0.15, 0.2) is 24.3 Å². The van der Waals surface area contributed by atoms with Gasteiger partial charge in [0.1, 0.15) is 6.54 Å². The highest BCUT2D eigenvalue weighted by Crippen LogP contribution is 2.12. The molecule has 6 nitrogen and oxygen atoms in total. The largest absolute Gasteiger partial charge is 0.468 e. The van der Waals surface area contributed by atoms with Crippen LogP contribution in [0, 0.1) is 0 Å². The molecule has 0 saturated heterocycles. The minimum absolute atomic E-state index is 0.0568. The Morgan fingerprint density at radius 3 is 2.54 bits per heavy atom. The van der Waals surface area contributed by atoms with Crippen LogP contribution in [0.2, 0.25) is 0 Å². The molecule has 0 aliphatic rings. The minimum Gasteiger partial charge on any atom is -0.468 e. The minimum atomic E-state index is -0.518. The molecule has 0 fully saturated rings. The summed E-state index contributed by atoms with van der Waals surface area (Å²) in [5.41, 5.74) is 0.943. The first kappa shape index (κ1) is 19.7. The zero-order valence-electron chi connectivity index (χ0n) is 14.4. The van der Waals surface area contributed by atoms with Crippen LogP contribution in [0.4, 0.5) is 5.69 Å². The maximum absolute atomic E-state index is 11.9. The molecule has 0 saturated carbocycles. The Balaban J connectivity index is 2.45. The first-order valence-corrected chi connectivity index (χ1v) is 8.31.